The Labute approximate surface area is 224 Å². The Bertz CT molecular complexity index is 1600. The first-order valence-corrected chi connectivity index (χ1v) is 12.4. The molecule has 0 aliphatic carbocycles. The van der Waals surface area contributed by atoms with Crippen LogP contribution in [0.4, 0.5) is 4.39 Å². The van der Waals surface area contributed by atoms with Gasteiger partial charge >= 0.3 is 0 Å². The number of aromatic nitrogens is 3. The molecule has 9 nitrogen and oxygen atoms in total. The van der Waals surface area contributed by atoms with Crippen LogP contribution in [0.5, 0.6) is 17.4 Å². The van der Waals surface area contributed by atoms with Gasteiger partial charge in [0, 0.05) is 25.2 Å². The summed E-state index contributed by atoms with van der Waals surface area (Å²) in [6.07, 6.45) is 2.07. The Kier molecular flexibility index (Phi) is 7.02. The number of methoxy groups -OCH3 is 2. The van der Waals surface area contributed by atoms with E-state index in [4.69, 9.17) is 9.47 Å². The SMILES string of the molecule is COc1cccc(OC)c1-n1c(-c2cc(C)ccn2)nc(=O)c(C(=O)N2CCC(c3ccccc3F)C2)c1O. The van der Waals surface area contributed by atoms with Gasteiger partial charge in [0.15, 0.2) is 11.4 Å². The van der Waals surface area contributed by atoms with Crippen LogP contribution in [0, 0.1) is 12.7 Å². The third-order valence-electron chi connectivity index (χ3n) is 6.87. The monoisotopic (exact) mass is 530 g/mol. The van der Waals surface area contributed by atoms with Crippen LogP contribution in [-0.4, -0.2) is 57.8 Å². The summed E-state index contributed by atoms with van der Waals surface area (Å²) in [4.78, 5) is 37.0. The Hall–Kier alpha value is -4.73. The maximum absolute atomic E-state index is 14.4. The van der Waals surface area contributed by atoms with Gasteiger partial charge in [-0.1, -0.05) is 24.3 Å². The van der Waals surface area contributed by atoms with Gasteiger partial charge in [-0.15, -0.1) is 0 Å². The van der Waals surface area contributed by atoms with E-state index in [0.29, 0.717) is 29.2 Å². The molecule has 4 aromatic rings. The second-order valence-electron chi connectivity index (χ2n) is 9.26. The molecule has 10 heteroatoms. The molecule has 1 fully saturated rings. The zero-order valence-electron chi connectivity index (χ0n) is 21.7. The minimum atomic E-state index is -0.907. The van der Waals surface area contributed by atoms with Crippen LogP contribution in [0.15, 0.2) is 65.6 Å². The predicted molar refractivity (Wildman–Crippen MR) is 142 cm³/mol. The number of hydrogen-bond donors (Lipinski definition) is 1. The quantitative estimate of drug-likeness (QED) is 0.400. The smallest absolute Gasteiger partial charge is 0.290 e. The van der Waals surface area contributed by atoms with Crippen molar-refractivity contribution in [3.63, 3.8) is 0 Å². The summed E-state index contributed by atoms with van der Waals surface area (Å²) in [6, 6.07) is 14.9. The first-order chi connectivity index (χ1) is 18.8. The summed E-state index contributed by atoms with van der Waals surface area (Å²) < 4.78 is 26.7. The Morgan fingerprint density at radius 3 is 2.46 bits per heavy atom. The topological polar surface area (TPSA) is 107 Å². The zero-order valence-corrected chi connectivity index (χ0v) is 21.7. The fourth-order valence-corrected chi connectivity index (χ4v) is 4.95. The van der Waals surface area contributed by atoms with E-state index in [9.17, 15) is 19.1 Å². The number of para-hydroxylation sites is 1. The van der Waals surface area contributed by atoms with Gasteiger partial charge in [0.2, 0.25) is 5.88 Å². The van der Waals surface area contributed by atoms with Crippen LogP contribution >= 0.6 is 0 Å². The number of halogens is 1. The molecule has 0 spiro atoms. The highest BCUT2D eigenvalue weighted by Gasteiger charge is 2.34. The summed E-state index contributed by atoms with van der Waals surface area (Å²) in [6.45, 7) is 2.34. The Balaban J connectivity index is 1.67. The highest BCUT2D eigenvalue weighted by molar-refractivity contribution is 5.96. The molecule has 200 valence electrons. The molecule has 5 rings (SSSR count). The molecule has 0 saturated carbocycles. The number of carbonyl (C=O) groups excluding carboxylic acids is 1. The van der Waals surface area contributed by atoms with Crippen LogP contribution in [0.1, 0.15) is 33.8 Å². The van der Waals surface area contributed by atoms with Crippen molar-refractivity contribution < 1.29 is 23.8 Å². The molecular weight excluding hydrogens is 503 g/mol. The number of rotatable bonds is 6. The Morgan fingerprint density at radius 2 is 1.79 bits per heavy atom. The number of amides is 1. The summed E-state index contributed by atoms with van der Waals surface area (Å²) in [5.41, 5.74) is 0.486. The highest BCUT2D eigenvalue weighted by Crippen LogP contribution is 2.39. The first-order valence-electron chi connectivity index (χ1n) is 12.4. The van der Waals surface area contributed by atoms with E-state index in [2.05, 4.69) is 9.97 Å². The molecule has 2 aromatic heterocycles. The van der Waals surface area contributed by atoms with Gasteiger partial charge in [0.05, 0.1) is 14.2 Å². The predicted octanol–water partition coefficient (Wildman–Crippen LogP) is 4.09. The molecule has 39 heavy (non-hydrogen) atoms. The van der Waals surface area contributed by atoms with Crippen molar-refractivity contribution in [1.29, 1.82) is 0 Å². The van der Waals surface area contributed by atoms with Crippen molar-refractivity contribution in [3.05, 3.63) is 93.7 Å². The zero-order chi connectivity index (χ0) is 27.7. The van der Waals surface area contributed by atoms with Gasteiger partial charge in [-0.05, 0) is 54.8 Å². The lowest BCUT2D eigenvalue weighted by Gasteiger charge is -2.22. The summed E-state index contributed by atoms with van der Waals surface area (Å²) in [7, 11) is 2.91. The molecule has 0 bridgehead atoms. The third kappa shape index (κ3) is 4.69. The average molecular weight is 531 g/mol. The van der Waals surface area contributed by atoms with E-state index in [1.807, 2.05) is 6.92 Å². The van der Waals surface area contributed by atoms with E-state index in [1.54, 1.807) is 54.7 Å². The molecule has 1 aliphatic heterocycles. The van der Waals surface area contributed by atoms with Gasteiger partial charge in [0.1, 0.15) is 28.7 Å². The molecule has 2 aromatic carbocycles. The number of aromatic hydroxyl groups is 1. The molecule has 0 radical (unpaired) electrons. The number of hydrogen-bond acceptors (Lipinski definition) is 7. The molecule has 1 atom stereocenters. The van der Waals surface area contributed by atoms with Gasteiger partial charge < -0.3 is 19.5 Å². The van der Waals surface area contributed by atoms with Gasteiger partial charge in [-0.25, -0.2) is 4.39 Å². The lowest BCUT2D eigenvalue weighted by molar-refractivity contribution is 0.0784. The lowest BCUT2D eigenvalue weighted by Crippen LogP contribution is -2.34. The number of ether oxygens (including phenoxy) is 2. The van der Waals surface area contributed by atoms with Crippen LogP contribution in [0.2, 0.25) is 0 Å². The summed E-state index contributed by atoms with van der Waals surface area (Å²) in [5.74, 6) is -1.29. The second-order valence-corrected chi connectivity index (χ2v) is 9.26. The molecule has 1 N–H and O–H groups in total. The number of pyridine rings is 1. The number of carbonyl (C=O) groups is 1. The maximum atomic E-state index is 14.4. The van der Waals surface area contributed by atoms with E-state index in [1.165, 1.54) is 29.8 Å². The van der Waals surface area contributed by atoms with E-state index in [0.717, 1.165) is 5.56 Å². The third-order valence-corrected chi connectivity index (χ3v) is 6.87. The number of aryl methyl sites for hydroxylation is 1. The molecular formula is C29H27FN4O5. The van der Waals surface area contributed by atoms with Crippen LogP contribution < -0.4 is 15.0 Å². The minimum absolute atomic E-state index is 0.00575. The van der Waals surface area contributed by atoms with Crippen LogP contribution in [0.25, 0.3) is 17.2 Å². The fraction of sp³-hybridized carbons (Fsp3) is 0.241. The van der Waals surface area contributed by atoms with Crippen LogP contribution in [0.3, 0.4) is 0 Å². The Morgan fingerprint density at radius 1 is 1.08 bits per heavy atom. The van der Waals surface area contributed by atoms with E-state index >= 15 is 0 Å². The van der Waals surface area contributed by atoms with Crippen molar-refractivity contribution in [2.24, 2.45) is 0 Å². The van der Waals surface area contributed by atoms with Crippen molar-refractivity contribution >= 4 is 5.91 Å². The second kappa shape index (κ2) is 10.6. The van der Waals surface area contributed by atoms with Crippen molar-refractivity contribution in [2.45, 2.75) is 19.3 Å². The van der Waals surface area contributed by atoms with E-state index < -0.39 is 22.9 Å². The normalized spacial score (nSPS) is 14.9. The first kappa shape index (κ1) is 25.9. The molecule has 1 saturated heterocycles. The number of benzene rings is 2. The lowest BCUT2D eigenvalue weighted by atomic mass is 9.98. The van der Waals surface area contributed by atoms with Crippen molar-refractivity contribution in [1.82, 2.24) is 19.4 Å². The minimum Gasteiger partial charge on any atom is -0.494 e. The average Bonchev–Trinajstić information content (AvgIpc) is 3.43. The summed E-state index contributed by atoms with van der Waals surface area (Å²) in [5, 5.41) is 11.6. The van der Waals surface area contributed by atoms with Crippen LogP contribution in [-0.2, 0) is 0 Å². The summed E-state index contributed by atoms with van der Waals surface area (Å²) >= 11 is 0. The maximum Gasteiger partial charge on any atom is 0.290 e. The largest absolute Gasteiger partial charge is 0.494 e. The number of likely N-dealkylation sites (tertiary alicyclic amines) is 1. The fourth-order valence-electron chi connectivity index (χ4n) is 4.95. The van der Waals surface area contributed by atoms with Crippen molar-refractivity contribution in [2.75, 3.05) is 27.3 Å². The van der Waals surface area contributed by atoms with Gasteiger partial charge in [-0.2, -0.15) is 4.98 Å². The van der Waals surface area contributed by atoms with Gasteiger partial charge in [-0.3, -0.25) is 19.1 Å². The van der Waals surface area contributed by atoms with Gasteiger partial charge in [0.25, 0.3) is 11.5 Å². The van der Waals surface area contributed by atoms with Crippen molar-refractivity contribution in [3.8, 4) is 34.6 Å². The number of nitrogens with zero attached hydrogens (tertiary/aromatic N) is 4. The molecule has 1 unspecified atom stereocenters. The molecule has 1 amide bonds. The molecule has 3 heterocycles. The molecule has 1 aliphatic rings. The standard InChI is InChI=1S/C29H27FN4O5/c1-17-11-13-31-21(15-17)26-32-27(35)24(29(37)34(26)25-22(38-2)9-6-10-23(25)39-3)28(36)33-14-12-18(16-33)19-7-4-5-8-20(19)30/h4-11,13,15,18,37H,12,14,16H2,1-3H3. The van der Waals surface area contributed by atoms with E-state index in [-0.39, 0.29) is 36.3 Å². The highest BCUT2D eigenvalue weighted by atomic mass is 19.1.